The van der Waals surface area contributed by atoms with Crippen molar-refractivity contribution in [2.24, 2.45) is 5.92 Å². The highest BCUT2D eigenvalue weighted by Crippen LogP contribution is 2.40. The van der Waals surface area contributed by atoms with Gasteiger partial charge in [0.15, 0.2) is 0 Å². The summed E-state index contributed by atoms with van der Waals surface area (Å²) in [4.78, 5) is 34.9. The highest BCUT2D eigenvalue weighted by molar-refractivity contribution is 8.00. The van der Waals surface area contributed by atoms with E-state index in [-0.39, 0.29) is 17.7 Å². The van der Waals surface area contributed by atoms with E-state index in [1.807, 2.05) is 11.8 Å². The fraction of sp³-hybridized carbons (Fsp3) is 0.808. The standard InChI is InChI=1S/C26H43N3O6S/c1-2-3-9-24(30)27-11-6-13-33-15-17-35-18-16-34-14-7-12-28-25(31)10-5-4-8-23-21-19-26(32)29-22(21)20-36-23/h1,21-23H,3-20H2,(H,27,30)(H,28,31)(H,29,32)/t21-,22-,23-/m0/s1. The minimum Gasteiger partial charge on any atom is -0.379 e. The molecule has 3 N–H and O–H groups in total. The number of fused-ring (bicyclic) bond motifs is 1. The Hall–Kier alpha value is -1.80. The van der Waals surface area contributed by atoms with E-state index in [4.69, 9.17) is 20.6 Å². The minimum atomic E-state index is -0.0243. The molecule has 3 amide bonds. The van der Waals surface area contributed by atoms with E-state index in [1.165, 1.54) is 0 Å². The maximum atomic E-state index is 12.0. The molecule has 0 aromatic carbocycles. The molecule has 0 aromatic heterocycles. The van der Waals surface area contributed by atoms with Crippen molar-refractivity contribution in [2.75, 3.05) is 58.5 Å². The number of amides is 3. The van der Waals surface area contributed by atoms with Gasteiger partial charge in [0.1, 0.15) is 0 Å². The third-order valence-electron chi connectivity index (χ3n) is 6.21. The molecular formula is C26H43N3O6S. The number of hydrogen-bond acceptors (Lipinski definition) is 7. The second-order valence-electron chi connectivity index (χ2n) is 9.11. The van der Waals surface area contributed by atoms with Gasteiger partial charge in [-0.15, -0.1) is 12.3 Å². The number of nitrogens with one attached hydrogen (secondary N) is 3. The summed E-state index contributed by atoms with van der Waals surface area (Å²) >= 11 is 1.97. The van der Waals surface area contributed by atoms with Gasteiger partial charge >= 0.3 is 0 Å². The van der Waals surface area contributed by atoms with Crippen LogP contribution in [-0.2, 0) is 28.6 Å². The van der Waals surface area contributed by atoms with Gasteiger partial charge in [-0.25, -0.2) is 0 Å². The molecule has 10 heteroatoms. The molecule has 2 heterocycles. The van der Waals surface area contributed by atoms with E-state index >= 15 is 0 Å². The molecule has 0 aliphatic carbocycles. The Kier molecular flexibility index (Phi) is 16.3. The number of carbonyl (C=O) groups is 3. The third-order valence-corrected chi connectivity index (χ3v) is 7.77. The molecule has 0 spiro atoms. The molecule has 204 valence electrons. The van der Waals surface area contributed by atoms with Crippen molar-refractivity contribution in [3.05, 3.63) is 0 Å². The van der Waals surface area contributed by atoms with Gasteiger partial charge in [0.05, 0.1) is 26.4 Å². The van der Waals surface area contributed by atoms with Gasteiger partial charge in [-0.3, -0.25) is 14.4 Å². The molecular weight excluding hydrogens is 482 g/mol. The van der Waals surface area contributed by atoms with Crippen LogP contribution in [0.15, 0.2) is 0 Å². The zero-order valence-corrected chi connectivity index (χ0v) is 22.2. The smallest absolute Gasteiger partial charge is 0.220 e. The minimum absolute atomic E-state index is 0.0243. The average Bonchev–Trinajstić information content (AvgIpc) is 3.42. The monoisotopic (exact) mass is 525 g/mol. The van der Waals surface area contributed by atoms with Crippen LogP contribution in [0.3, 0.4) is 0 Å². The molecule has 0 aromatic rings. The maximum absolute atomic E-state index is 12.0. The van der Waals surface area contributed by atoms with Gasteiger partial charge in [-0.2, -0.15) is 11.8 Å². The number of thioether (sulfide) groups is 1. The van der Waals surface area contributed by atoms with Crippen molar-refractivity contribution in [2.45, 2.75) is 69.1 Å². The molecule has 2 aliphatic rings. The molecule has 2 fully saturated rings. The van der Waals surface area contributed by atoms with Gasteiger partial charge in [-0.05, 0) is 25.7 Å². The number of carbonyl (C=O) groups excluding carboxylic acids is 3. The van der Waals surface area contributed by atoms with Gasteiger partial charge in [-0.1, -0.05) is 6.42 Å². The first-order valence-corrected chi connectivity index (χ1v) is 14.3. The van der Waals surface area contributed by atoms with Gasteiger partial charge in [0.2, 0.25) is 17.7 Å². The Morgan fingerprint density at radius 3 is 2.17 bits per heavy atom. The molecule has 0 radical (unpaired) electrons. The molecule has 2 aliphatic heterocycles. The largest absolute Gasteiger partial charge is 0.379 e. The molecule has 36 heavy (non-hydrogen) atoms. The molecule has 0 saturated carbocycles. The van der Waals surface area contributed by atoms with Crippen LogP contribution in [0.25, 0.3) is 0 Å². The summed E-state index contributed by atoms with van der Waals surface area (Å²) < 4.78 is 16.4. The Morgan fingerprint density at radius 1 is 0.917 bits per heavy atom. The predicted molar refractivity (Wildman–Crippen MR) is 141 cm³/mol. The van der Waals surface area contributed by atoms with Crippen LogP contribution in [0.4, 0.5) is 0 Å². The Balaban J connectivity index is 1.26. The molecule has 3 atom stereocenters. The van der Waals surface area contributed by atoms with Gasteiger partial charge < -0.3 is 30.2 Å². The molecule has 9 nitrogen and oxygen atoms in total. The van der Waals surface area contributed by atoms with E-state index in [1.54, 1.807) is 0 Å². The van der Waals surface area contributed by atoms with Crippen LogP contribution in [0.1, 0.15) is 57.8 Å². The summed E-state index contributed by atoms with van der Waals surface area (Å²) in [6, 6.07) is 0.367. The summed E-state index contributed by atoms with van der Waals surface area (Å²) in [7, 11) is 0. The average molecular weight is 526 g/mol. The van der Waals surface area contributed by atoms with Crippen molar-refractivity contribution >= 4 is 29.5 Å². The summed E-state index contributed by atoms with van der Waals surface area (Å²) in [5, 5.41) is 9.36. The van der Waals surface area contributed by atoms with Crippen molar-refractivity contribution in [3.63, 3.8) is 0 Å². The number of rotatable bonds is 21. The lowest BCUT2D eigenvalue weighted by molar-refractivity contribution is -0.122. The molecule has 2 saturated heterocycles. The SMILES string of the molecule is C#CCCC(=O)NCCCOCCOCCOCCCNC(=O)CCCC[C@@H]1SC[C@@H]2NC(=O)C[C@@H]21. The lowest BCUT2D eigenvalue weighted by atomic mass is 9.94. The first-order valence-electron chi connectivity index (χ1n) is 13.2. The second-order valence-corrected chi connectivity index (χ2v) is 10.4. The molecule has 0 bridgehead atoms. The van der Waals surface area contributed by atoms with Crippen LogP contribution < -0.4 is 16.0 Å². The first-order chi connectivity index (χ1) is 17.6. The quantitative estimate of drug-likeness (QED) is 0.154. The zero-order valence-electron chi connectivity index (χ0n) is 21.4. The Bertz CT molecular complexity index is 702. The maximum Gasteiger partial charge on any atom is 0.220 e. The van der Waals surface area contributed by atoms with E-state index in [2.05, 4.69) is 21.9 Å². The Morgan fingerprint density at radius 2 is 1.53 bits per heavy atom. The van der Waals surface area contributed by atoms with E-state index < -0.39 is 0 Å². The van der Waals surface area contributed by atoms with Gasteiger partial charge in [0.25, 0.3) is 0 Å². The summed E-state index contributed by atoms with van der Waals surface area (Å²) in [6.07, 6.45) is 11.7. The summed E-state index contributed by atoms with van der Waals surface area (Å²) in [6.45, 7) is 4.39. The van der Waals surface area contributed by atoms with E-state index in [9.17, 15) is 14.4 Å². The lowest BCUT2D eigenvalue weighted by Crippen LogP contribution is -2.29. The fourth-order valence-corrected chi connectivity index (χ4v) is 5.92. The van der Waals surface area contributed by atoms with Crippen LogP contribution in [-0.4, -0.2) is 87.5 Å². The third kappa shape index (κ3) is 13.5. The van der Waals surface area contributed by atoms with Crippen LogP contribution in [0, 0.1) is 18.3 Å². The van der Waals surface area contributed by atoms with Crippen LogP contribution >= 0.6 is 11.8 Å². The normalized spacial score (nSPS) is 20.5. The molecule has 0 unspecified atom stereocenters. The summed E-state index contributed by atoms with van der Waals surface area (Å²) in [5.74, 6) is 4.22. The van der Waals surface area contributed by atoms with E-state index in [0.29, 0.717) is 95.6 Å². The lowest BCUT2D eigenvalue weighted by Gasteiger charge is -2.15. The molecule has 2 rings (SSSR count). The number of unbranched alkanes of at least 4 members (excludes halogenated alkanes) is 1. The van der Waals surface area contributed by atoms with E-state index in [0.717, 1.165) is 37.9 Å². The van der Waals surface area contributed by atoms with Crippen LogP contribution in [0.5, 0.6) is 0 Å². The first kappa shape index (κ1) is 30.4. The Labute approximate surface area is 219 Å². The van der Waals surface area contributed by atoms with Crippen molar-refractivity contribution in [3.8, 4) is 12.3 Å². The number of terminal acetylenes is 1. The number of ether oxygens (including phenoxy) is 3. The summed E-state index contributed by atoms with van der Waals surface area (Å²) in [5.41, 5.74) is 0. The van der Waals surface area contributed by atoms with Crippen molar-refractivity contribution in [1.82, 2.24) is 16.0 Å². The fourth-order valence-electron chi connectivity index (χ4n) is 4.27. The van der Waals surface area contributed by atoms with Crippen molar-refractivity contribution < 1.29 is 28.6 Å². The van der Waals surface area contributed by atoms with Crippen molar-refractivity contribution in [1.29, 1.82) is 0 Å². The zero-order chi connectivity index (χ0) is 25.8. The predicted octanol–water partition coefficient (Wildman–Crippen LogP) is 1.64. The second kappa shape index (κ2) is 19.3. The highest BCUT2D eigenvalue weighted by Gasteiger charge is 2.42. The number of hydrogen-bond donors (Lipinski definition) is 3. The van der Waals surface area contributed by atoms with Crippen LogP contribution in [0.2, 0.25) is 0 Å². The van der Waals surface area contributed by atoms with Gasteiger partial charge in [0, 0.05) is 74.9 Å². The highest BCUT2D eigenvalue weighted by atomic mass is 32.2. The topological polar surface area (TPSA) is 115 Å².